The van der Waals surface area contributed by atoms with Crippen LogP contribution in [0.1, 0.15) is 32.3 Å². The van der Waals surface area contributed by atoms with Gasteiger partial charge in [-0.25, -0.2) is 0 Å². The van der Waals surface area contributed by atoms with Gasteiger partial charge >= 0.3 is 5.97 Å². The summed E-state index contributed by atoms with van der Waals surface area (Å²) in [5.41, 5.74) is 0.516. The maximum atomic E-state index is 11.4. The highest BCUT2D eigenvalue weighted by Gasteiger charge is 2.51. The number of hydrogen-bond acceptors (Lipinski definition) is 4. The Hall–Kier alpha value is -1.39. The molecule has 3 atom stereocenters. The zero-order valence-electron chi connectivity index (χ0n) is 12.0. The smallest absolute Gasteiger partial charge is 0.306 e. The van der Waals surface area contributed by atoms with E-state index in [2.05, 4.69) is 0 Å². The van der Waals surface area contributed by atoms with Crippen molar-refractivity contribution in [1.29, 1.82) is 0 Å². The number of benzene rings is 1. The zero-order valence-corrected chi connectivity index (χ0v) is 12.0. The van der Waals surface area contributed by atoms with Gasteiger partial charge in [-0.05, 0) is 25.8 Å². The molecule has 4 heteroatoms. The van der Waals surface area contributed by atoms with Gasteiger partial charge < -0.3 is 14.6 Å². The Kier molecular flexibility index (Phi) is 4.78. The van der Waals surface area contributed by atoms with Gasteiger partial charge in [-0.1, -0.05) is 30.3 Å². The lowest BCUT2D eigenvalue weighted by molar-refractivity contribution is -0.215. The summed E-state index contributed by atoms with van der Waals surface area (Å²) in [5.74, 6) is -0.309. The number of aliphatic hydroxyl groups is 1. The topological polar surface area (TPSA) is 55.8 Å². The molecule has 0 radical (unpaired) electrons. The van der Waals surface area contributed by atoms with Gasteiger partial charge in [0.25, 0.3) is 0 Å². The maximum Gasteiger partial charge on any atom is 0.306 e. The third kappa shape index (κ3) is 3.38. The Morgan fingerprint density at radius 1 is 1.40 bits per heavy atom. The largest absolute Gasteiger partial charge is 0.466 e. The average molecular weight is 278 g/mol. The molecule has 1 aliphatic carbocycles. The summed E-state index contributed by atoms with van der Waals surface area (Å²) in [4.78, 5) is 11.4. The standard InChI is InChI=1S/C16H22O4/c1-3-19-14(17)9-13-10-16(2,15(13)18)20-11-12-7-5-4-6-8-12/h4-8,13,15,18H,3,9-11H2,1-2H3/t13-,15+,16+/m1/s1. The van der Waals surface area contributed by atoms with Crippen LogP contribution in [0.2, 0.25) is 0 Å². The normalized spacial score (nSPS) is 28.8. The fourth-order valence-corrected chi connectivity index (χ4v) is 2.68. The molecule has 0 unspecified atom stereocenters. The predicted molar refractivity (Wildman–Crippen MR) is 75.0 cm³/mol. The Morgan fingerprint density at radius 2 is 2.10 bits per heavy atom. The van der Waals surface area contributed by atoms with E-state index in [4.69, 9.17) is 9.47 Å². The van der Waals surface area contributed by atoms with Crippen molar-refractivity contribution in [3.8, 4) is 0 Å². The molecule has 0 saturated heterocycles. The van der Waals surface area contributed by atoms with Crippen molar-refractivity contribution in [2.75, 3.05) is 6.61 Å². The van der Waals surface area contributed by atoms with Gasteiger partial charge in [0.2, 0.25) is 0 Å². The van der Waals surface area contributed by atoms with Gasteiger partial charge in [-0.2, -0.15) is 0 Å². The minimum Gasteiger partial charge on any atom is -0.466 e. The van der Waals surface area contributed by atoms with E-state index < -0.39 is 11.7 Å². The molecule has 1 N–H and O–H groups in total. The van der Waals surface area contributed by atoms with E-state index in [0.717, 1.165) is 5.56 Å². The van der Waals surface area contributed by atoms with E-state index >= 15 is 0 Å². The van der Waals surface area contributed by atoms with Crippen LogP contribution in [-0.4, -0.2) is 29.4 Å². The van der Waals surface area contributed by atoms with Crippen LogP contribution < -0.4 is 0 Å². The molecule has 1 aliphatic rings. The van der Waals surface area contributed by atoms with Crippen molar-refractivity contribution in [3.63, 3.8) is 0 Å². The molecule has 0 amide bonds. The second-order valence-electron chi connectivity index (χ2n) is 5.51. The zero-order chi connectivity index (χ0) is 14.6. The van der Waals surface area contributed by atoms with Crippen LogP contribution >= 0.6 is 0 Å². The van der Waals surface area contributed by atoms with Crippen molar-refractivity contribution >= 4 is 5.97 Å². The van der Waals surface area contributed by atoms with E-state index in [9.17, 15) is 9.90 Å². The van der Waals surface area contributed by atoms with Crippen LogP contribution in [0.4, 0.5) is 0 Å². The van der Waals surface area contributed by atoms with Crippen molar-refractivity contribution in [2.24, 2.45) is 5.92 Å². The molecule has 20 heavy (non-hydrogen) atoms. The van der Waals surface area contributed by atoms with E-state index in [1.165, 1.54) is 0 Å². The molecule has 2 rings (SSSR count). The molecule has 0 heterocycles. The molecule has 0 aliphatic heterocycles. The van der Waals surface area contributed by atoms with Gasteiger partial charge in [-0.3, -0.25) is 4.79 Å². The fraction of sp³-hybridized carbons (Fsp3) is 0.562. The first kappa shape index (κ1) is 15.0. The highest BCUT2D eigenvalue weighted by atomic mass is 16.5. The molecular formula is C16H22O4. The number of carbonyl (C=O) groups is 1. The summed E-state index contributed by atoms with van der Waals surface area (Å²) in [5, 5.41) is 10.2. The van der Waals surface area contributed by atoms with E-state index in [1.54, 1.807) is 6.92 Å². The highest BCUT2D eigenvalue weighted by molar-refractivity contribution is 5.70. The van der Waals surface area contributed by atoms with Gasteiger partial charge in [-0.15, -0.1) is 0 Å². The van der Waals surface area contributed by atoms with Crippen LogP contribution in [0, 0.1) is 5.92 Å². The molecule has 110 valence electrons. The second kappa shape index (κ2) is 6.37. The van der Waals surface area contributed by atoms with Gasteiger partial charge in [0.05, 0.1) is 31.3 Å². The number of carbonyl (C=O) groups excluding carboxylic acids is 1. The van der Waals surface area contributed by atoms with E-state index in [-0.39, 0.29) is 18.3 Å². The van der Waals surface area contributed by atoms with Crippen LogP contribution in [0.5, 0.6) is 0 Å². The van der Waals surface area contributed by atoms with E-state index in [0.29, 0.717) is 19.6 Å². The average Bonchev–Trinajstić information content (AvgIpc) is 2.46. The number of hydrogen-bond donors (Lipinski definition) is 1. The fourth-order valence-electron chi connectivity index (χ4n) is 2.68. The van der Waals surface area contributed by atoms with Crippen LogP contribution in [0.15, 0.2) is 30.3 Å². The quantitative estimate of drug-likeness (QED) is 0.811. The molecule has 1 saturated carbocycles. The summed E-state index contributed by atoms with van der Waals surface area (Å²) in [7, 11) is 0. The number of esters is 1. The number of rotatable bonds is 6. The highest BCUT2D eigenvalue weighted by Crippen LogP contribution is 2.43. The molecule has 1 fully saturated rings. The summed E-state index contributed by atoms with van der Waals surface area (Å²) in [6.07, 6.45) is 0.328. The molecule has 0 bridgehead atoms. The molecule has 0 spiro atoms. The lowest BCUT2D eigenvalue weighted by atomic mass is 9.67. The minimum absolute atomic E-state index is 0.0603. The summed E-state index contributed by atoms with van der Waals surface area (Å²) in [6.45, 7) is 4.52. The van der Waals surface area contributed by atoms with Gasteiger partial charge in [0.15, 0.2) is 0 Å². The molecule has 1 aromatic carbocycles. The summed E-state index contributed by atoms with van der Waals surface area (Å²) >= 11 is 0. The first-order valence-corrected chi connectivity index (χ1v) is 7.06. The Balaban J connectivity index is 1.80. The second-order valence-corrected chi connectivity index (χ2v) is 5.51. The van der Waals surface area contributed by atoms with Gasteiger partial charge in [0, 0.05) is 5.92 Å². The SMILES string of the molecule is CCOC(=O)C[C@@H]1C[C@](C)(OCc2ccccc2)[C@H]1O. The third-order valence-electron chi connectivity index (χ3n) is 3.89. The van der Waals surface area contributed by atoms with Gasteiger partial charge in [0.1, 0.15) is 0 Å². The Bertz CT molecular complexity index is 445. The number of aliphatic hydroxyl groups excluding tert-OH is 1. The van der Waals surface area contributed by atoms with Crippen molar-refractivity contribution in [1.82, 2.24) is 0 Å². The predicted octanol–water partition coefficient (Wildman–Crippen LogP) is 2.30. The van der Waals surface area contributed by atoms with Crippen LogP contribution in [0.25, 0.3) is 0 Å². The number of ether oxygens (including phenoxy) is 2. The van der Waals surface area contributed by atoms with Crippen molar-refractivity contribution in [2.45, 2.75) is 45.0 Å². The van der Waals surface area contributed by atoms with Crippen LogP contribution in [0.3, 0.4) is 0 Å². The molecular weight excluding hydrogens is 256 g/mol. The third-order valence-corrected chi connectivity index (χ3v) is 3.89. The first-order chi connectivity index (χ1) is 9.55. The molecule has 0 aromatic heterocycles. The Labute approximate surface area is 119 Å². The Morgan fingerprint density at radius 3 is 2.70 bits per heavy atom. The maximum absolute atomic E-state index is 11.4. The molecule has 4 nitrogen and oxygen atoms in total. The van der Waals surface area contributed by atoms with Crippen LogP contribution in [-0.2, 0) is 20.9 Å². The minimum atomic E-state index is -0.615. The van der Waals surface area contributed by atoms with E-state index in [1.807, 2.05) is 37.3 Å². The lowest BCUT2D eigenvalue weighted by Gasteiger charge is -2.49. The monoisotopic (exact) mass is 278 g/mol. The van der Waals surface area contributed by atoms with Crippen molar-refractivity contribution < 1.29 is 19.4 Å². The summed E-state index contributed by atoms with van der Waals surface area (Å²) < 4.78 is 10.7. The first-order valence-electron chi connectivity index (χ1n) is 7.06. The van der Waals surface area contributed by atoms with Crippen molar-refractivity contribution in [3.05, 3.63) is 35.9 Å². The molecule has 1 aromatic rings. The lowest BCUT2D eigenvalue weighted by Crippen LogP contribution is -2.58. The summed E-state index contributed by atoms with van der Waals surface area (Å²) in [6, 6.07) is 9.86.